The predicted molar refractivity (Wildman–Crippen MR) is 131 cm³/mol. The van der Waals surface area contributed by atoms with Gasteiger partial charge in [-0.05, 0) is 13.3 Å². The van der Waals surface area contributed by atoms with Crippen LogP contribution in [0.15, 0.2) is 30.6 Å². The van der Waals surface area contributed by atoms with Crippen LogP contribution in [0.4, 0.5) is 0 Å². The lowest BCUT2D eigenvalue weighted by molar-refractivity contribution is -0.697. The summed E-state index contributed by atoms with van der Waals surface area (Å²) in [6.45, 7) is 4.61. The fraction of sp³-hybridized carbons (Fsp3) is 0.750. The number of carboxylic acids is 1. The number of pyridine rings is 1. The molecule has 0 radical (unpaired) electrons. The zero-order valence-corrected chi connectivity index (χ0v) is 19.5. The van der Waals surface area contributed by atoms with E-state index in [1.165, 1.54) is 96.4 Å². The number of carboxylic acid groups (broad SMARTS) is 1. The van der Waals surface area contributed by atoms with E-state index in [1.54, 1.807) is 0 Å². The quantitative estimate of drug-likeness (QED) is 0.232. The third-order valence-corrected chi connectivity index (χ3v) is 4.89. The zero-order chi connectivity index (χ0) is 20.9. The minimum Gasteiger partial charge on any atom is -0.547 e. The van der Waals surface area contributed by atoms with E-state index in [-0.39, 0.29) is 29.8 Å². The summed E-state index contributed by atoms with van der Waals surface area (Å²) in [5, 5.41) is 17.3. The van der Waals surface area contributed by atoms with Gasteiger partial charge in [-0.15, -0.1) is 12.4 Å². The van der Waals surface area contributed by atoms with Crippen LogP contribution >= 0.6 is 12.4 Å². The molecule has 0 aliphatic rings. The lowest BCUT2D eigenvalue weighted by atomic mass is 10.0. The smallest absolute Gasteiger partial charge is 0.187 e. The number of hydrogen-bond acceptors (Lipinski definition) is 3. The highest BCUT2D eigenvalue weighted by molar-refractivity contribution is 5.85. The van der Waals surface area contributed by atoms with Crippen LogP contribution in [0.3, 0.4) is 0 Å². The lowest BCUT2D eigenvalue weighted by Crippen LogP contribution is -2.32. The zero-order valence-electron chi connectivity index (χ0n) is 18.7. The van der Waals surface area contributed by atoms with Crippen LogP contribution in [0.25, 0.3) is 0 Å². The molecule has 0 amide bonds. The maximum Gasteiger partial charge on any atom is 0.187 e. The molecule has 176 valence electrons. The average molecular weight is 460 g/mol. The van der Waals surface area contributed by atoms with Crippen molar-refractivity contribution in [3.8, 4) is 0 Å². The Morgan fingerprint density at radius 2 is 1.13 bits per heavy atom. The number of nitrogens with zero attached hydrogens (tertiary/aromatic N) is 1. The van der Waals surface area contributed by atoms with E-state index in [2.05, 4.69) is 42.1 Å². The summed E-state index contributed by atoms with van der Waals surface area (Å²) in [6, 6.07) is 6.31. The molecule has 1 unspecified atom stereocenters. The Morgan fingerprint density at radius 3 is 1.47 bits per heavy atom. The van der Waals surface area contributed by atoms with Gasteiger partial charge >= 0.3 is 0 Å². The van der Waals surface area contributed by atoms with Crippen molar-refractivity contribution < 1.29 is 19.6 Å². The first-order chi connectivity index (χ1) is 13.6. The molecule has 30 heavy (non-hydrogen) atoms. The van der Waals surface area contributed by atoms with E-state index in [0.29, 0.717) is 0 Å². The summed E-state index contributed by atoms with van der Waals surface area (Å²) in [5.74, 6) is -1.44. The van der Waals surface area contributed by atoms with Crippen molar-refractivity contribution in [2.75, 3.05) is 0 Å². The van der Waals surface area contributed by atoms with Crippen molar-refractivity contribution in [1.82, 2.24) is 0 Å². The molecule has 1 rings (SSSR count). The molecule has 0 aromatic carbocycles. The SMILES string of the molecule is CC(O)C(=O)[O-].CCCCCCCCCCCCCCCC[n+]1ccccc1.Cl.[AlH3]. The second-order valence-electron chi connectivity index (χ2n) is 7.70. The van der Waals surface area contributed by atoms with Crippen molar-refractivity contribution in [1.29, 1.82) is 0 Å². The molecule has 1 atom stereocenters. The van der Waals surface area contributed by atoms with Gasteiger partial charge < -0.3 is 15.0 Å². The Bertz CT molecular complexity index is 461. The average Bonchev–Trinajstić information content (AvgIpc) is 2.69. The molecule has 1 aromatic heterocycles. The first-order valence-electron chi connectivity index (χ1n) is 11.4. The topological polar surface area (TPSA) is 64.2 Å². The van der Waals surface area contributed by atoms with Crippen molar-refractivity contribution in [3.63, 3.8) is 0 Å². The monoisotopic (exact) mass is 459 g/mol. The van der Waals surface area contributed by atoms with Crippen molar-refractivity contribution >= 4 is 35.7 Å². The maximum atomic E-state index is 9.34. The third kappa shape index (κ3) is 25.4. The van der Waals surface area contributed by atoms with Gasteiger partial charge in [0.25, 0.3) is 0 Å². The Kier molecular flexibility index (Phi) is 30.0. The first kappa shape index (κ1) is 34.0. The standard InChI is InChI=1S/C21H38N.C3H6O3.Al.ClH.3H/c1-2-3-4-5-6-7-8-9-10-11-12-13-14-16-19-22-20-17-15-18-21-22;1-2(4)3(5)6;;;;;/h15,17-18,20-21H,2-14,16,19H2,1H3;2,4H,1H3,(H,5,6);;1H;;;/q+1;;;;;;/p-1. The van der Waals surface area contributed by atoms with E-state index in [4.69, 9.17) is 5.11 Å². The molecule has 0 aliphatic heterocycles. The van der Waals surface area contributed by atoms with E-state index < -0.39 is 12.1 Å². The molecule has 0 saturated carbocycles. The predicted octanol–water partition coefficient (Wildman–Crippen LogP) is 3.81. The van der Waals surface area contributed by atoms with Gasteiger partial charge in [-0.25, -0.2) is 4.57 Å². The second kappa shape index (κ2) is 26.4. The number of aliphatic carboxylic acids is 1. The first-order valence-corrected chi connectivity index (χ1v) is 11.4. The summed E-state index contributed by atoms with van der Waals surface area (Å²) in [5.41, 5.74) is 0. The van der Waals surface area contributed by atoms with E-state index >= 15 is 0 Å². The summed E-state index contributed by atoms with van der Waals surface area (Å²) in [4.78, 5) is 9.34. The maximum absolute atomic E-state index is 9.34. The van der Waals surface area contributed by atoms with E-state index in [9.17, 15) is 9.90 Å². The van der Waals surface area contributed by atoms with Gasteiger partial charge in [-0.3, -0.25) is 0 Å². The van der Waals surface area contributed by atoms with Crippen molar-refractivity contribution in [2.45, 2.75) is 116 Å². The van der Waals surface area contributed by atoms with Crippen LogP contribution in [0, 0.1) is 0 Å². The number of hydrogen-bond donors (Lipinski definition) is 1. The van der Waals surface area contributed by atoms with Crippen LogP contribution in [0.2, 0.25) is 0 Å². The fourth-order valence-corrected chi connectivity index (χ4v) is 3.07. The third-order valence-electron chi connectivity index (χ3n) is 4.89. The number of halogens is 1. The molecule has 0 saturated heterocycles. The van der Waals surface area contributed by atoms with Crippen LogP contribution < -0.4 is 9.67 Å². The van der Waals surface area contributed by atoms with Gasteiger partial charge in [-0.2, -0.15) is 0 Å². The Morgan fingerprint density at radius 1 is 0.800 bits per heavy atom. The van der Waals surface area contributed by atoms with Gasteiger partial charge in [0.1, 0.15) is 6.54 Å². The summed E-state index contributed by atoms with van der Waals surface area (Å²) in [7, 11) is 0. The molecule has 0 fully saturated rings. The Hall–Kier alpha value is -0.598. The molecule has 0 spiro atoms. The molecule has 1 heterocycles. The summed E-state index contributed by atoms with van der Waals surface area (Å²) >= 11 is 0. The highest BCUT2D eigenvalue weighted by Crippen LogP contribution is 2.12. The van der Waals surface area contributed by atoms with Gasteiger partial charge in [-0.1, -0.05) is 90.0 Å². The molecule has 4 nitrogen and oxygen atoms in total. The lowest BCUT2D eigenvalue weighted by Gasteiger charge is -2.02. The number of rotatable bonds is 16. The van der Waals surface area contributed by atoms with Gasteiger partial charge in [0.15, 0.2) is 29.8 Å². The number of carbonyl (C=O) groups excluding carboxylic acids is 1. The minimum absolute atomic E-state index is 0. The van der Waals surface area contributed by atoms with Gasteiger partial charge in [0.05, 0.1) is 12.1 Å². The molecule has 1 N–H and O–H groups in total. The van der Waals surface area contributed by atoms with Crippen LogP contribution in [-0.4, -0.2) is 34.5 Å². The number of unbranched alkanes of at least 4 members (excludes halogenated alkanes) is 13. The normalized spacial score (nSPS) is 10.8. The molecular formula is C24H47AlClNO3. The van der Waals surface area contributed by atoms with E-state index in [1.807, 2.05) is 0 Å². The largest absolute Gasteiger partial charge is 0.547 e. The fourth-order valence-electron chi connectivity index (χ4n) is 3.07. The Balaban J connectivity index is -0.000000799. The van der Waals surface area contributed by atoms with Gasteiger partial charge in [0, 0.05) is 18.6 Å². The minimum atomic E-state index is -1.44. The Labute approximate surface area is 202 Å². The number of aliphatic hydroxyl groups is 1. The molecule has 6 heteroatoms. The van der Waals surface area contributed by atoms with Crippen molar-refractivity contribution in [2.24, 2.45) is 0 Å². The summed E-state index contributed by atoms with van der Waals surface area (Å²) in [6.07, 6.45) is 23.1. The molecular weight excluding hydrogens is 413 g/mol. The molecule has 1 aromatic rings. The highest BCUT2D eigenvalue weighted by atomic mass is 35.5. The van der Waals surface area contributed by atoms with Crippen LogP contribution in [0.5, 0.6) is 0 Å². The second-order valence-corrected chi connectivity index (χ2v) is 7.70. The van der Waals surface area contributed by atoms with Crippen molar-refractivity contribution in [3.05, 3.63) is 30.6 Å². The number of aryl methyl sites for hydroxylation is 1. The summed E-state index contributed by atoms with van der Waals surface area (Å²) < 4.78 is 2.29. The van der Waals surface area contributed by atoms with Gasteiger partial charge in [0.2, 0.25) is 0 Å². The highest BCUT2D eigenvalue weighted by Gasteiger charge is 1.98. The number of carbonyl (C=O) groups is 1. The van der Waals surface area contributed by atoms with Crippen LogP contribution in [-0.2, 0) is 11.3 Å². The molecule has 0 bridgehead atoms. The molecule has 0 aliphatic carbocycles. The number of aromatic nitrogens is 1. The number of aliphatic hydroxyl groups excluding tert-OH is 1. The van der Waals surface area contributed by atoms with E-state index in [0.717, 1.165) is 6.92 Å². The van der Waals surface area contributed by atoms with Crippen LogP contribution in [0.1, 0.15) is 104 Å².